The van der Waals surface area contributed by atoms with E-state index in [-0.39, 0.29) is 11.8 Å². The number of rotatable bonds is 5. The Morgan fingerprint density at radius 3 is 2.31 bits per heavy atom. The number of anilines is 1. The number of amides is 2. The maximum Gasteiger partial charge on any atom is 0.271 e. The van der Waals surface area contributed by atoms with Gasteiger partial charge >= 0.3 is 0 Å². The van der Waals surface area contributed by atoms with Gasteiger partial charge in [0.2, 0.25) is 5.91 Å². The lowest BCUT2D eigenvalue weighted by Crippen LogP contribution is -2.23. The molecule has 1 aliphatic heterocycles. The molecule has 5 nitrogen and oxygen atoms in total. The quantitative estimate of drug-likeness (QED) is 0.663. The number of hydrazone groups is 1. The summed E-state index contributed by atoms with van der Waals surface area (Å²) in [6.07, 6.45) is 2.47. The van der Waals surface area contributed by atoms with Crippen molar-refractivity contribution in [3.8, 4) is 0 Å². The Hall–Kier alpha value is -2.95. The third kappa shape index (κ3) is 3.99. The fourth-order valence-corrected chi connectivity index (χ4v) is 2.96. The number of hydrogen-bond donors (Lipinski definition) is 1. The number of hydrogen-bond acceptors (Lipinski definition) is 3. The Morgan fingerprint density at radius 2 is 1.73 bits per heavy atom. The minimum atomic E-state index is -0.230. The normalized spacial score (nSPS) is 14.6. The smallest absolute Gasteiger partial charge is 0.271 e. The third-order valence-corrected chi connectivity index (χ3v) is 4.62. The molecule has 0 spiro atoms. The lowest BCUT2D eigenvalue weighted by Gasteiger charge is -2.15. The molecule has 0 aliphatic carbocycles. The second-order valence-electron chi connectivity index (χ2n) is 6.38. The Balaban J connectivity index is 1.65. The molecule has 0 radical (unpaired) electrons. The Kier molecular flexibility index (Phi) is 5.46. The van der Waals surface area contributed by atoms with Crippen LogP contribution in [0.1, 0.15) is 48.2 Å². The van der Waals surface area contributed by atoms with E-state index in [2.05, 4.69) is 17.5 Å². The molecular weight excluding hydrogens is 326 g/mol. The average Bonchev–Trinajstić information content (AvgIpc) is 3.12. The summed E-state index contributed by atoms with van der Waals surface area (Å²) in [7, 11) is 0. The summed E-state index contributed by atoms with van der Waals surface area (Å²) in [5.74, 6) is -0.0595. The minimum Gasteiger partial charge on any atom is -0.312 e. The van der Waals surface area contributed by atoms with Crippen LogP contribution >= 0.6 is 0 Å². The van der Waals surface area contributed by atoms with Crippen LogP contribution in [0.4, 0.5) is 5.69 Å². The van der Waals surface area contributed by atoms with Crippen LogP contribution in [0.15, 0.2) is 53.6 Å². The van der Waals surface area contributed by atoms with E-state index >= 15 is 0 Å². The van der Waals surface area contributed by atoms with Gasteiger partial charge in [-0.3, -0.25) is 9.59 Å². The van der Waals surface area contributed by atoms with E-state index in [9.17, 15) is 9.59 Å². The first-order chi connectivity index (χ1) is 12.6. The molecule has 5 heteroatoms. The zero-order chi connectivity index (χ0) is 18.5. The summed E-state index contributed by atoms with van der Waals surface area (Å²) >= 11 is 0. The Labute approximate surface area is 153 Å². The molecule has 2 aromatic carbocycles. The maximum absolute atomic E-state index is 12.2. The zero-order valence-electron chi connectivity index (χ0n) is 15.2. The highest BCUT2D eigenvalue weighted by Crippen LogP contribution is 2.21. The van der Waals surface area contributed by atoms with Gasteiger partial charge in [0.05, 0.1) is 5.71 Å². The van der Waals surface area contributed by atoms with E-state index in [1.807, 2.05) is 43.3 Å². The van der Waals surface area contributed by atoms with Crippen molar-refractivity contribution in [3.63, 3.8) is 0 Å². The highest BCUT2D eigenvalue weighted by atomic mass is 16.2. The predicted molar refractivity (Wildman–Crippen MR) is 104 cm³/mol. The fraction of sp³-hybridized carbons (Fsp3) is 0.286. The van der Waals surface area contributed by atoms with Gasteiger partial charge in [0.1, 0.15) is 0 Å². The summed E-state index contributed by atoms with van der Waals surface area (Å²) in [5.41, 5.74) is 6.90. The molecule has 3 rings (SSSR count). The Bertz CT molecular complexity index is 823. The van der Waals surface area contributed by atoms with Crippen LogP contribution in [0, 0.1) is 0 Å². The molecule has 0 aromatic heterocycles. The molecule has 2 amide bonds. The van der Waals surface area contributed by atoms with Gasteiger partial charge in [-0.15, -0.1) is 0 Å². The van der Waals surface area contributed by atoms with Crippen LogP contribution in [0.5, 0.6) is 0 Å². The minimum absolute atomic E-state index is 0.171. The molecule has 26 heavy (non-hydrogen) atoms. The highest BCUT2D eigenvalue weighted by molar-refractivity contribution is 6.01. The molecule has 2 aromatic rings. The average molecular weight is 349 g/mol. The molecule has 0 bridgehead atoms. The number of carbonyl (C=O) groups excluding carboxylic acids is 2. The van der Waals surface area contributed by atoms with Gasteiger partial charge in [-0.05, 0) is 55.2 Å². The lowest BCUT2D eigenvalue weighted by molar-refractivity contribution is -0.117. The van der Waals surface area contributed by atoms with Crippen LogP contribution in [0.2, 0.25) is 0 Å². The molecule has 1 heterocycles. The van der Waals surface area contributed by atoms with Crippen molar-refractivity contribution in [1.82, 2.24) is 5.43 Å². The number of benzene rings is 2. The van der Waals surface area contributed by atoms with E-state index in [0.29, 0.717) is 17.7 Å². The lowest BCUT2D eigenvalue weighted by atomic mass is 10.1. The summed E-state index contributed by atoms with van der Waals surface area (Å²) in [6, 6.07) is 15.2. The summed E-state index contributed by atoms with van der Waals surface area (Å²) in [4.78, 5) is 25.8. The van der Waals surface area contributed by atoms with Gasteiger partial charge in [-0.25, -0.2) is 5.43 Å². The SMILES string of the molecule is CCc1ccc(C(=O)N/N=C(/C)c2ccc(N3CCCC3=O)cc2)cc1. The van der Waals surface area contributed by atoms with Gasteiger partial charge in [-0.2, -0.15) is 5.10 Å². The molecule has 1 aliphatic rings. The van der Waals surface area contributed by atoms with E-state index in [1.165, 1.54) is 5.56 Å². The molecule has 134 valence electrons. The summed E-state index contributed by atoms with van der Waals surface area (Å²) < 4.78 is 0. The largest absolute Gasteiger partial charge is 0.312 e. The second kappa shape index (κ2) is 7.95. The molecule has 1 saturated heterocycles. The van der Waals surface area contributed by atoms with Crippen molar-refractivity contribution in [1.29, 1.82) is 0 Å². The number of aryl methyl sites for hydroxylation is 1. The van der Waals surface area contributed by atoms with E-state index in [4.69, 9.17) is 0 Å². The van der Waals surface area contributed by atoms with Crippen LogP contribution in [-0.4, -0.2) is 24.1 Å². The molecule has 1 fully saturated rings. The first-order valence-electron chi connectivity index (χ1n) is 8.93. The van der Waals surface area contributed by atoms with Crippen molar-refractivity contribution in [3.05, 3.63) is 65.2 Å². The van der Waals surface area contributed by atoms with E-state index in [0.717, 1.165) is 30.6 Å². The molecule has 1 N–H and O–H groups in total. The van der Waals surface area contributed by atoms with Crippen molar-refractivity contribution < 1.29 is 9.59 Å². The van der Waals surface area contributed by atoms with E-state index in [1.54, 1.807) is 17.0 Å². The van der Waals surface area contributed by atoms with Crippen LogP contribution < -0.4 is 10.3 Å². The topological polar surface area (TPSA) is 61.8 Å². The molecular formula is C21H23N3O2. The standard InChI is InChI=1S/C21H23N3O2/c1-3-16-6-8-18(9-7-16)21(26)23-22-15(2)17-10-12-19(13-11-17)24-14-4-5-20(24)25/h6-13H,3-5,14H2,1-2H3,(H,23,26)/b22-15-. The molecule has 0 unspecified atom stereocenters. The fourth-order valence-electron chi connectivity index (χ4n) is 2.96. The van der Waals surface area contributed by atoms with Crippen LogP contribution in [0.25, 0.3) is 0 Å². The van der Waals surface area contributed by atoms with Gasteiger partial charge in [-0.1, -0.05) is 31.2 Å². The van der Waals surface area contributed by atoms with Gasteiger partial charge in [0.25, 0.3) is 5.91 Å². The van der Waals surface area contributed by atoms with E-state index < -0.39 is 0 Å². The first kappa shape index (κ1) is 17.9. The van der Waals surface area contributed by atoms with Crippen molar-refractivity contribution in [2.45, 2.75) is 33.1 Å². The summed E-state index contributed by atoms with van der Waals surface area (Å²) in [6.45, 7) is 4.70. The van der Waals surface area contributed by atoms with Crippen molar-refractivity contribution in [2.75, 3.05) is 11.4 Å². The predicted octanol–water partition coefficient (Wildman–Crippen LogP) is 3.53. The highest BCUT2D eigenvalue weighted by Gasteiger charge is 2.21. The maximum atomic E-state index is 12.2. The van der Waals surface area contributed by atoms with Crippen LogP contribution in [-0.2, 0) is 11.2 Å². The molecule has 0 atom stereocenters. The zero-order valence-corrected chi connectivity index (χ0v) is 15.2. The second-order valence-corrected chi connectivity index (χ2v) is 6.38. The van der Waals surface area contributed by atoms with Crippen LogP contribution in [0.3, 0.4) is 0 Å². The van der Waals surface area contributed by atoms with Gasteiger partial charge < -0.3 is 4.90 Å². The van der Waals surface area contributed by atoms with Crippen molar-refractivity contribution in [2.24, 2.45) is 5.10 Å². The number of nitrogens with zero attached hydrogens (tertiary/aromatic N) is 2. The van der Waals surface area contributed by atoms with Gasteiger partial charge in [0.15, 0.2) is 0 Å². The third-order valence-electron chi connectivity index (χ3n) is 4.62. The number of carbonyl (C=O) groups is 2. The van der Waals surface area contributed by atoms with Gasteiger partial charge in [0, 0.05) is 24.2 Å². The number of nitrogens with one attached hydrogen (secondary N) is 1. The Morgan fingerprint density at radius 1 is 1.08 bits per heavy atom. The molecule has 0 saturated carbocycles. The monoisotopic (exact) mass is 349 g/mol. The van der Waals surface area contributed by atoms with Crippen molar-refractivity contribution >= 4 is 23.2 Å². The first-order valence-corrected chi connectivity index (χ1v) is 8.93. The summed E-state index contributed by atoms with van der Waals surface area (Å²) in [5, 5.41) is 4.19.